The molecule has 0 unspecified atom stereocenters. The highest BCUT2D eigenvalue weighted by molar-refractivity contribution is 5.98. The van der Waals surface area contributed by atoms with Crippen molar-refractivity contribution in [3.8, 4) is 0 Å². The SMILES string of the molecule is CCc1cccc(C)c1N(CC(=O)NCc1ccncc1)C(C)=O. The number of carbonyl (C=O) groups is 2. The summed E-state index contributed by atoms with van der Waals surface area (Å²) >= 11 is 0. The van der Waals surface area contributed by atoms with Gasteiger partial charge in [0.1, 0.15) is 6.54 Å². The van der Waals surface area contributed by atoms with Gasteiger partial charge in [-0.1, -0.05) is 25.1 Å². The minimum Gasteiger partial charge on any atom is -0.350 e. The largest absolute Gasteiger partial charge is 0.350 e. The molecule has 1 heterocycles. The van der Waals surface area contributed by atoms with E-state index in [1.165, 1.54) is 6.92 Å². The Bertz CT molecular complexity index is 714. The van der Waals surface area contributed by atoms with Gasteiger partial charge in [0.05, 0.1) is 5.69 Å². The molecule has 126 valence electrons. The number of hydrogen-bond donors (Lipinski definition) is 1. The molecule has 1 aromatic heterocycles. The lowest BCUT2D eigenvalue weighted by Gasteiger charge is -2.25. The van der Waals surface area contributed by atoms with E-state index in [9.17, 15) is 9.59 Å². The Morgan fingerprint density at radius 2 is 1.88 bits per heavy atom. The molecule has 5 heteroatoms. The van der Waals surface area contributed by atoms with Crippen LogP contribution in [0, 0.1) is 6.92 Å². The van der Waals surface area contributed by atoms with E-state index in [1.54, 1.807) is 17.3 Å². The van der Waals surface area contributed by atoms with Crippen molar-refractivity contribution in [2.24, 2.45) is 0 Å². The maximum absolute atomic E-state index is 12.3. The van der Waals surface area contributed by atoms with Gasteiger partial charge < -0.3 is 10.2 Å². The van der Waals surface area contributed by atoms with E-state index in [4.69, 9.17) is 0 Å². The summed E-state index contributed by atoms with van der Waals surface area (Å²) in [6.45, 7) is 5.92. The first-order chi connectivity index (χ1) is 11.5. The predicted molar refractivity (Wildman–Crippen MR) is 94.7 cm³/mol. The zero-order chi connectivity index (χ0) is 17.5. The molecule has 0 aliphatic carbocycles. The minimum absolute atomic E-state index is 0.0122. The number of aromatic nitrogens is 1. The maximum Gasteiger partial charge on any atom is 0.240 e. The zero-order valence-electron chi connectivity index (χ0n) is 14.4. The first kappa shape index (κ1) is 17.7. The second-order valence-electron chi connectivity index (χ2n) is 5.67. The van der Waals surface area contributed by atoms with Crippen LogP contribution in [0.4, 0.5) is 5.69 Å². The summed E-state index contributed by atoms with van der Waals surface area (Å²) in [5.41, 5.74) is 3.86. The van der Waals surface area contributed by atoms with Crippen molar-refractivity contribution in [3.63, 3.8) is 0 Å². The van der Waals surface area contributed by atoms with Crippen LogP contribution in [0.3, 0.4) is 0 Å². The van der Waals surface area contributed by atoms with Gasteiger partial charge in [-0.15, -0.1) is 0 Å². The van der Waals surface area contributed by atoms with Crippen LogP contribution in [0.1, 0.15) is 30.5 Å². The summed E-state index contributed by atoms with van der Waals surface area (Å²) in [6, 6.07) is 9.62. The van der Waals surface area contributed by atoms with Gasteiger partial charge in [0, 0.05) is 25.9 Å². The molecule has 0 spiro atoms. The molecule has 24 heavy (non-hydrogen) atoms. The van der Waals surface area contributed by atoms with Gasteiger partial charge >= 0.3 is 0 Å². The third kappa shape index (κ3) is 4.41. The Hall–Kier alpha value is -2.69. The van der Waals surface area contributed by atoms with Crippen molar-refractivity contribution in [2.45, 2.75) is 33.7 Å². The Morgan fingerprint density at radius 1 is 1.17 bits per heavy atom. The standard InChI is InChI=1S/C19H23N3O2/c1-4-17-7-5-6-14(2)19(17)22(15(3)23)13-18(24)21-12-16-8-10-20-11-9-16/h5-11H,4,12-13H2,1-3H3,(H,21,24). The van der Waals surface area contributed by atoms with Gasteiger partial charge in [0.2, 0.25) is 11.8 Å². The van der Waals surface area contributed by atoms with E-state index in [2.05, 4.69) is 10.3 Å². The van der Waals surface area contributed by atoms with Crippen LogP contribution in [-0.4, -0.2) is 23.3 Å². The van der Waals surface area contributed by atoms with Crippen molar-refractivity contribution in [2.75, 3.05) is 11.4 Å². The molecule has 2 aromatic rings. The lowest BCUT2D eigenvalue weighted by Crippen LogP contribution is -2.40. The number of carbonyl (C=O) groups excluding carboxylic acids is 2. The van der Waals surface area contributed by atoms with Crippen molar-refractivity contribution in [1.82, 2.24) is 10.3 Å². The van der Waals surface area contributed by atoms with Crippen molar-refractivity contribution in [3.05, 3.63) is 59.4 Å². The molecule has 5 nitrogen and oxygen atoms in total. The quantitative estimate of drug-likeness (QED) is 0.888. The molecule has 0 aliphatic heterocycles. The molecule has 0 bridgehead atoms. The van der Waals surface area contributed by atoms with Gasteiger partial charge in [0.25, 0.3) is 0 Å². The highest BCUT2D eigenvalue weighted by atomic mass is 16.2. The Kier molecular flexibility index (Phi) is 6.07. The van der Waals surface area contributed by atoms with E-state index < -0.39 is 0 Å². The first-order valence-corrected chi connectivity index (χ1v) is 8.05. The number of pyridine rings is 1. The number of aryl methyl sites for hydroxylation is 2. The van der Waals surface area contributed by atoms with Gasteiger partial charge in [0.15, 0.2) is 0 Å². The lowest BCUT2D eigenvalue weighted by molar-refractivity contribution is -0.123. The number of benzene rings is 1. The van der Waals surface area contributed by atoms with Crippen LogP contribution < -0.4 is 10.2 Å². The van der Waals surface area contributed by atoms with Gasteiger partial charge in [-0.2, -0.15) is 0 Å². The maximum atomic E-state index is 12.3. The molecule has 0 fully saturated rings. The summed E-state index contributed by atoms with van der Waals surface area (Å²) in [7, 11) is 0. The number of anilines is 1. The van der Waals surface area contributed by atoms with Crippen LogP contribution in [0.25, 0.3) is 0 Å². The predicted octanol–water partition coefficient (Wildman–Crippen LogP) is 2.62. The Balaban J connectivity index is 2.12. The van der Waals surface area contributed by atoms with Crippen LogP contribution in [0.5, 0.6) is 0 Å². The first-order valence-electron chi connectivity index (χ1n) is 8.05. The molecule has 0 atom stereocenters. The summed E-state index contributed by atoms with van der Waals surface area (Å²) < 4.78 is 0. The van der Waals surface area contributed by atoms with Crippen LogP contribution in [-0.2, 0) is 22.6 Å². The minimum atomic E-state index is -0.188. The number of hydrogen-bond acceptors (Lipinski definition) is 3. The molecule has 2 rings (SSSR count). The zero-order valence-corrected chi connectivity index (χ0v) is 14.4. The Labute approximate surface area is 142 Å². The monoisotopic (exact) mass is 325 g/mol. The van der Waals surface area contributed by atoms with E-state index in [0.717, 1.165) is 28.8 Å². The Morgan fingerprint density at radius 3 is 2.50 bits per heavy atom. The normalized spacial score (nSPS) is 10.3. The number of para-hydroxylation sites is 1. The molecule has 0 saturated heterocycles. The second-order valence-corrected chi connectivity index (χ2v) is 5.67. The fraction of sp³-hybridized carbons (Fsp3) is 0.316. The third-order valence-electron chi connectivity index (χ3n) is 3.89. The molecule has 2 amide bonds. The number of nitrogens with one attached hydrogen (secondary N) is 1. The van der Waals surface area contributed by atoms with Crippen molar-refractivity contribution < 1.29 is 9.59 Å². The molecule has 0 radical (unpaired) electrons. The molecule has 1 N–H and O–H groups in total. The fourth-order valence-electron chi connectivity index (χ4n) is 2.64. The van der Waals surface area contributed by atoms with Gasteiger partial charge in [-0.25, -0.2) is 0 Å². The smallest absolute Gasteiger partial charge is 0.240 e. The van der Waals surface area contributed by atoms with Gasteiger partial charge in [-0.05, 0) is 42.2 Å². The molecule has 0 saturated carbocycles. The third-order valence-corrected chi connectivity index (χ3v) is 3.89. The van der Waals surface area contributed by atoms with E-state index in [0.29, 0.717) is 6.54 Å². The number of rotatable bonds is 6. The summed E-state index contributed by atoms with van der Waals surface area (Å²) in [5.74, 6) is -0.328. The second kappa shape index (κ2) is 8.24. The van der Waals surface area contributed by atoms with Crippen molar-refractivity contribution >= 4 is 17.5 Å². The van der Waals surface area contributed by atoms with E-state index in [1.807, 2.05) is 44.2 Å². The summed E-state index contributed by atoms with van der Waals surface area (Å²) in [6.07, 6.45) is 4.17. The fourth-order valence-corrected chi connectivity index (χ4v) is 2.64. The average molecular weight is 325 g/mol. The highest BCUT2D eigenvalue weighted by Crippen LogP contribution is 2.25. The van der Waals surface area contributed by atoms with Crippen molar-refractivity contribution in [1.29, 1.82) is 0 Å². The molecule has 1 aromatic carbocycles. The summed E-state index contributed by atoms with van der Waals surface area (Å²) in [4.78, 5) is 29.9. The lowest BCUT2D eigenvalue weighted by atomic mass is 10.0. The van der Waals surface area contributed by atoms with Crippen LogP contribution >= 0.6 is 0 Å². The molecule has 0 aliphatic rings. The van der Waals surface area contributed by atoms with Crippen LogP contribution in [0.15, 0.2) is 42.7 Å². The highest BCUT2D eigenvalue weighted by Gasteiger charge is 2.19. The topological polar surface area (TPSA) is 62.3 Å². The molecular formula is C19H23N3O2. The average Bonchev–Trinajstić information content (AvgIpc) is 2.58. The summed E-state index contributed by atoms with van der Waals surface area (Å²) in [5, 5.41) is 2.85. The number of nitrogens with zero attached hydrogens (tertiary/aromatic N) is 2. The van der Waals surface area contributed by atoms with Gasteiger partial charge in [-0.3, -0.25) is 14.6 Å². The van der Waals surface area contributed by atoms with E-state index in [-0.39, 0.29) is 18.4 Å². The van der Waals surface area contributed by atoms with Crippen LogP contribution in [0.2, 0.25) is 0 Å². The van der Waals surface area contributed by atoms with E-state index >= 15 is 0 Å². The molecular weight excluding hydrogens is 302 g/mol. The number of amides is 2.